The van der Waals surface area contributed by atoms with Gasteiger partial charge in [-0.3, -0.25) is 9.59 Å². The number of nitrogens with one attached hydrogen (secondary N) is 1. The lowest BCUT2D eigenvalue weighted by Crippen LogP contribution is -2.36. The summed E-state index contributed by atoms with van der Waals surface area (Å²) in [6.45, 7) is 3.15. The smallest absolute Gasteiger partial charge is 0.291 e. The second-order valence-electron chi connectivity index (χ2n) is 6.46. The van der Waals surface area contributed by atoms with E-state index in [1.54, 1.807) is 41.3 Å². The summed E-state index contributed by atoms with van der Waals surface area (Å²) < 4.78 is 10.7. The zero-order valence-electron chi connectivity index (χ0n) is 16.3. The molecule has 3 aromatic rings. The number of amides is 2. The van der Waals surface area contributed by atoms with Gasteiger partial charge in [0.2, 0.25) is 0 Å². The number of hydrogen-bond donors (Lipinski definition) is 1. The number of furan rings is 1. The molecule has 6 nitrogen and oxygen atoms in total. The lowest BCUT2D eigenvalue weighted by Gasteiger charge is -2.21. The molecule has 3 rings (SSSR count). The number of hydrogen-bond acceptors (Lipinski definition) is 4. The van der Waals surface area contributed by atoms with Crippen molar-refractivity contribution in [1.29, 1.82) is 0 Å². The summed E-state index contributed by atoms with van der Waals surface area (Å²) in [5.41, 5.74) is 1.76. The van der Waals surface area contributed by atoms with Crippen LogP contribution in [0.15, 0.2) is 77.4 Å². The Labute approximate surface area is 170 Å². The summed E-state index contributed by atoms with van der Waals surface area (Å²) >= 11 is 0. The molecular weight excluding hydrogens is 368 g/mol. The summed E-state index contributed by atoms with van der Waals surface area (Å²) in [6.07, 6.45) is 2.24. The van der Waals surface area contributed by atoms with Crippen LogP contribution in [0, 0.1) is 0 Å². The van der Waals surface area contributed by atoms with E-state index in [4.69, 9.17) is 9.15 Å². The third kappa shape index (κ3) is 5.97. The number of nitrogens with zero attached hydrogens (tertiary/aromatic N) is 1. The second kappa shape index (κ2) is 10.1. The standard InChI is InChI=1S/C23H24N2O4/c1-2-25(14-13-18-8-4-3-5-9-18)22(26)17-29-20-11-6-10-19(16-20)24-23(27)21-12-7-15-28-21/h3-12,15-16H,2,13-14,17H2,1H3,(H,24,27). The summed E-state index contributed by atoms with van der Waals surface area (Å²) in [7, 11) is 0. The molecule has 150 valence electrons. The van der Waals surface area contributed by atoms with Gasteiger partial charge in [0.25, 0.3) is 11.8 Å². The Morgan fingerprint density at radius 1 is 1.03 bits per heavy atom. The van der Waals surface area contributed by atoms with Gasteiger partial charge in [-0.25, -0.2) is 0 Å². The van der Waals surface area contributed by atoms with Gasteiger partial charge in [0.15, 0.2) is 12.4 Å². The maximum absolute atomic E-state index is 12.5. The SMILES string of the molecule is CCN(CCc1ccccc1)C(=O)COc1cccc(NC(=O)c2ccco2)c1. The molecule has 0 saturated heterocycles. The molecule has 0 aliphatic rings. The van der Waals surface area contributed by atoms with Crippen LogP contribution in [-0.2, 0) is 11.2 Å². The van der Waals surface area contributed by atoms with Crippen molar-refractivity contribution >= 4 is 17.5 Å². The van der Waals surface area contributed by atoms with Crippen LogP contribution in [-0.4, -0.2) is 36.4 Å². The molecule has 0 fully saturated rings. The van der Waals surface area contributed by atoms with Crippen LogP contribution in [0.3, 0.4) is 0 Å². The number of carbonyl (C=O) groups is 2. The summed E-state index contributed by atoms with van der Waals surface area (Å²) in [6, 6.07) is 20.2. The van der Waals surface area contributed by atoms with E-state index < -0.39 is 0 Å². The van der Waals surface area contributed by atoms with Gasteiger partial charge >= 0.3 is 0 Å². The first-order valence-corrected chi connectivity index (χ1v) is 9.55. The first-order chi connectivity index (χ1) is 14.2. The number of ether oxygens (including phenoxy) is 1. The van der Waals surface area contributed by atoms with E-state index in [1.165, 1.54) is 11.8 Å². The predicted octanol–water partition coefficient (Wildman–Crippen LogP) is 4.00. The molecule has 0 aliphatic heterocycles. The molecule has 0 radical (unpaired) electrons. The third-order valence-electron chi connectivity index (χ3n) is 4.45. The highest BCUT2D eigenvalue weighted by atomic mass is 16.5. The molecule has 29 heavy (non-hydrogen) atoms. The zero-order chi connectivity index (χ0) is 20.5. The molecule has 0 aliphatic carbocycles. The molecule has 0 saturated carbocycles. The molecule has 0 unspecified atom stereocenters. The van der Waals surface area contributed by atoms with Crippen molar-refractivity contribution in [3.63, 3.8) is 0 Å². The highest BCUT2D eigenvalue weighted by molar-refractivity contribution is 6.02. The molecule has 6 heteroatoms. The normalized spacial score (nSPS) is 10.4. The van der Waals surface area contributed by atoms with E-state index in [1.807, 2.05) is 25.1 Å². The topological polar surface area (TPSA) is 71.8 Å². The fourth-order valence-electron chi connectivity index (χ4n) is 2.87. The minimum atomic E-state index is -0.346. The quantitative estimate of drug-likeness (QED) is 0.597. The van der Waals surface area contributed by atoms with E-state index in [-0.39, 0.29) is 24.2 Å². The number of benzene rings is 2. The lowest BCUT2D eigenvalue weighted by molar-refractivity contribution is -0.133. The van der Waals surface area contributed by atoms with E-state index in [0.29, 0.717) is 24.5 Å². The summed E-state index contributed by atoms with van der Waals surface area (Å²) in [4.78, 5) is 26.3. The average molecular weight is 392 g/mol. The monoisotopic (exact) mass is 392 g/mol. The first kappa shape index (κ1) is 20.2. The molecule has 2 aromatic carbocycles. The Hall–Kier alpha value is -3.54. The van der Waals surface area contributed by atoms with Crippen LogP contribution < -0.4 is 10.1 Å². The highest BCUT2D eigenvalue weighted by Crippen LogP contribution is 2.18. The van der Waals surface area contributed by atoms with Gasteiger partial charge in [-0.1, -0.05) is 36.4 Å². The van der Waals surface area contributed by atoms with Crippen molar-refractivity contribution in [2.45, 2.75) is 13.3 Å². The van der Waals surface area contributed by atoms with E-state index >= 15 is 0 Å². The van der Waals surface area contributed by atoms with Gasteiger partial charge < -0.3 is 19.4 Å². The molecule has 0 spiro atoms. The number of anilines is 1. The lowest BCUT2D eigenvalue weighted by atomic mass is 10.1. The van der Waals surface area contributed by atoms with Crippen LogP contribution in [0.1, 0.15) is 23.0 Å². The second-order valence-corrected chi connectivity index (χ2v) is 6.46. The van der Waals surface area contributed by atoms with Crippen molar-refractivity contribution in [3.8, 4) is 5.75 Å². The van der Waals surface area contributed by atoms with Gasteiger partial charge in [-0.15, -0.1) is 0 Å². The van der Waals surface area contributed by atoms with Crippen molar-refractivity contribution in [2.75, 3.05) is 25.0 Å². The minimum Gasteiger partial charge on any atom is -0.484 e. The van der Waals surface area contributed by atoms with E-state index in [9.17, 15) is 9.59 Å². The Morgan fingerprint density at radius 3 is 2.59 bits per heavy atom. The number of likely N-dealkylation sites (N-methyl/N-ethyl adjacent to an activating group) is 1. The zero-order valence-corrected chi connectivity index (χ0v) is 16.3. The molecule has 1 aromatic heterocycles. The van der Waals surface area contributed by atoms with Crippen LogP contribution in [0.25, 0.3) is 0 Å². The molecule has 1 heterocycles. The number of carbonyl (C=O) groups excluding carboxylic acids is 2. The maximum atomic E-state index is 12.5. The molecule has 0 bridgehead atoms. The average Bonchev–Trinajstić information content (AvgIpc) is 3.29. The molecule has 1 N–H and O–H groups in total. The van der Waals surface area contributed by atoms with Gasteiger partial charge in [0.1, 0.15) is 5.75 Å². The first-order valence-electron chi connectivity index (χ1n) is 9.55. The Morgan fingerprint density at radius 2 is 1.86 bits per heavy atom. The molecule has 2 amide bonds. The van der Waals surface area contributed by atoms with Crippen molar-refractivity contribution in [1.82, 2.24) is 4.90 Å². The third-order valence-corrected chi connectivity index (χ3v) is 4.45. The van der Waals surface area contributed by atoms with E-state index in [0.717, 1.165) is 6.42 Å². The van der Waals surface area contributed by atoms with Gasteiger partial charge in [0, 0.05) is 24.8 Å². The summed E-state index contributed by atoms with van der Waals surface area (Å²) in [5, 5.41) is 2.74. The van der Waals surface area contributed by atoms with E-state index in [2.05, 4.69) is 17.4 Å². The maximum Gasteiger partial charge on any atom is 0.291 e. The van der Waals surface area contributed by atoms with Gasteiger partial charge in [-0.05, 0) is 43.2 Å². The molecular formula is C23H24N2O4. The van der Waals surface area contributed by atoms with Crippen LogP contribution >= 0.6 is 0 Å². The number of rotatable bonds is 9. The largest absolute Gasteiger partial charge is 0.484 e. The van der Waals surface area contributed by atoms with Crippen LogP contribution in [0.2, 0.25) is 0 Å². The highest BCUT2D eigenvalue weighted by Gasteiger charge is 2.13. The van der Waals surface area contributed by atoms with Crippen LogP contribution in [0.4, 0.5) is 5.69 Å². The fourth-order valence-corrected chi connectivity index (χ4v) is 2.87. The Bertz CT molecular complexity index is 923. The van der Waals surface area contributed by atoms with Gasteiger partial charge in [-0.2, -0.15) is 0 Å². The predicted molar refractivity (Wildman–Crippen MR) is 111 cm³/mol. The Kier molecular flexibility index (Phi) is 7.05. The van der Waals surface area contributed by atoms with Crippen molar-refractivity contribution < 1.29 is 18.7 Å². The van der Waals surface area contributed by atoms with Crippen LogP contribution in [0.5, 0.6) is 5.75 Å². The fraction of sp³-hybridized carbons (Fsp3) is 0.217. The Balaban J connectivity index is 1.51. The summed E-state index contributed by atoms with van der Waals surface area (Å²) in [5.74, 6) is 0.313. The molecule has 0 atom stereocenters. The van der Waals surface area contributed by atoms with Crippen molar-refractivity contribution in [2.24, 2.45) is 0 Å². The van der Waals surface area contributed by atoms with Crippen molar-refractivity contribution in [3.05, 3.63) is 84.3 Å². The van der Waals surface area contributed by atoms with Gasteiger partial charge in [0.05, 0.1) is 6.26 Å². The minimum absolute atomic E-state index is 0.0573.